The summed E-state index contributed by atoms with van der Waals surface area (Å²) in [6, 6.07) is -0.679. The third kappa shape index (κ3) is 4.96. The molecular formula is C21H25ClN6O4S3. The maximum absolute atomic E-state index is 13.4. The summed E-state index contributed by atoms with van der Waals surface area (Å²) in [7, 11) is -4.06. The summed E-state index contributed by atoms with van der Waals surface area (Å²) in [6.45, 7) is -0.181. The van der Waals surface area contributed by atoms with Crippen molar-refractivity contribution in [3.05, 3.63) is 28.3 Å². The molecule has 1 atom stereocenters. The molecular weight excluding hydrogens is 532 g/mol. The van der Waals surface area contributed by atoms with Crippen LogP contribution in [0, 0.1) is 5.92 Å². The van der Waals surface area contributed by atoms with Crippen molar-refractivity contribution < 1.29 is 18.0 Å². The first-order valence-corrected chi connectivity index (χ1v) is 15.0. The second-order valence-electron chi connectivity index (χ2n) is 8.77. The highest BCUT2D eigenvalue weighted by atomic mass is 35.5. The summed E-state index contributed by atoms with van der Waals surface area (Å²) in [5.41, 5.74) is 0. The summed E-state index contributed by atoms with van der Waals surface area (Å²) in [4.78, 5) is 36.8. The van der Waals surface area contributed by atoms with E-state index in [1.807, 2.05) is 0 Å². The van der Waals surface area contributed by atoms with Crippen molar-refractivity contribution in [1.29, 1.82) is 0 Å². The highest BCUT2D eigenvalue weighted by Crippen LogP contribution is 2.32. The molecule has 2 aliphatic rings. The van der Waals surface area contributed by atoms with Gasteiger partial charge in [-0.1, -0.05) is 43.7 Å². The van der Waals surface area contributed by atoms with Gasteiger partial charge in [-0.15, -0.1) is 22.7 Å². The monoisotopic (exact) mass is 556 g/mol. The molecule has 0 radical (unpaired) electrons. The molecule has 0 bridgehead atoms. The molecule has 3 aromatic rings. The predicted octanol–water partition coefficient (Wildman–Crippen LogP) is 3.32. The smallest absolute Gasteiger partial charge is 0.262 e. The molecule has 0 aromatic carbocycles. The van der Waals surface area contributed by atoms with Gasteiger partial charge in [0.1, 0.15) is 6.04 Å². The first-order valence-electron chi connectivity index (χ1n) is 11.5. The third-order valence-corrected chi connectivity index (χ3v) is 10.3. The minimum atomic E-state index is -4.06. The zero-order valence-electron chi connectivity index (χ0n) is 18.8. The van der Waals surface area contributed by atoms with Crippen LogP contribution >= 0.6 is 34.3 Å². The summed E-state index contributed by atoms with van der Waals surface area (Å²) in [6.07, 6.45) is 9.24. The highest BCUT2D eigenvalue weighted by Gasteiger charge is 2.41. The number of anilines is 1. The van der Waals surface area contributed by atoms with Crippen LogP contribution in [-0.2, 0) is 19.6 Å². The maximum Gasteiger partial charge on any atom is 0.262 e. The van der Waals surface area contributed by atoms with Crippen LogP contribution in [-0.4, -0.2) is 69.5 Å². The Morgan fingerprint density at radius 3 is 2.71 bits per heavy atom. The lowest BCUT2D eigenvalue weighted by Gasteiger charge is -2.39. The third-order valence-electron chi connectivity index (χ3n) is 6.61. The van der Waals surface area contributed by atoms with E-state index in [9.17, 15) is 18.0 Å². The van der Waals surface area contributed by atoms with Crippen molar-refractivity contribution in [2.24, 2.45) is 5.92 Å². The Kier molecular flexibility index (Phi) is 7.13. The number of hydrogen-bond acceptors (Lipinski definition) is 8. The molecule has 188 valence electrons. The Bertz CT molecular complexity index is 1320. The minimum absolute atomic E-state index is 0.0630. The van der Waals surface area contributed by atoms with Crippen molar-refractivity contribution in [3.63, 3.8) is 0 Å². The number of nitrogens with one attached hydrogen (secondary N) is 1. The number of thiazole rings is 2. The van der Waals surface area contributed by atoms with Crippen LogP contribution < -0.4 is 5.32 Å². The molecule has 3 aromatic heterocycles. The van der Waals surface area contributed by atoms with Gasteiger partial charge in [-0.05, 0) is 12.3 Å². The molecule has 1 aliphatic heterocycles. The van der Waals surface area contributed by atoms with E-state index in [1.54, 1.807) is 23.2 Å². The molecule has 2 fully saturated rings. The topological polar surface area (TPSA) is 117 Å². The Labute approximate surface area is 216 Å². The SMILES string of the molecule is O=C(Nc1nccs1)C(CC1CCCCC1)N1CCN(S(=O)(=O)c2c(Cl)nc3sccn23)CC1=O. The molecule has 1 saturated heterocycles. The molecule has 0 spiro atoms. The van der Waals surface area contributed by atoms with Gasteiger partial charge in [-0.2, -0.15) is 4.31 Å². The number of rotatable bonds is 7. The fourth-order valence-corrected chi connectivity index (χ4v) is 8.20. The van der Waals surface area contributed by atoms with E-state index in [0.717, 1.165) is 30.0 Å². The maximum atomic E-state index is 13.4. The molecule has 2 amide bonds. The number of nitrogens with zero attached hydrogens (tertiary/aromatic N) is 5. The molecule has 1 aliphatic carbocycles. The van der Waals surface area contributed by atoms with Gasteiger partial charge >= 0.3 is 0 Å². The second kappa shape index (κ2) is 10.1. The van der Waals surface area contributed by atoms with Gasteiger partial charge in [0, 0.05) is 36.2 Å². The van der Waals surface area contributed by atoms with Gasteiger partial charge in [-0.3, -0.25) is 14.0 Å². The second-order valence-corrected chi connectivity index (χ2v) is 12.7. The first kappa shape index (κ1) is 24.6. The minimum Gasteiger partial charge on any atom is -0.328 e. The van der Waals surface area contributed by atoms with Crippen molar-refractivity contribution in [1.82, 2.24) is 23.6 Å². The van der Waals surface area contributed by atoms with Crippen LogP contribution in [0.2, 0.25) is 5.15 Å². The van der Waals surface area contributed by atoms with Crippen LogP contribution in [0.4, 0.5) is 5.13 Å². The highest BCUT2D eigenvalue weighted by molar-refractivity contribution is 7.89. The van der Waals surface area contributed by atoms with E-state index >= 15 is 0 Å². The number of carbonyl (C=O) groups excluding carboxylic acids is 2. The quantitative estimate of drug-likeness (QED) is 0.477. The van der Waals surface area contributed by atoms with Gasteiger partial charge in [-0.25, -0.2) is 18.4 Å². The van der Waals surface area contributed by atoms with E-state index in [-0.39, 0.29) is 35.7 Å². The lowest BCUT2D eigenvalue weighted by molar-refractivity contribution is -0.142. The van der Waals surface area contributed by atoms with E-state index in [0.29, 0.717) is 22.4 Å². The molecule has 10 nitrogen and oxygen atoms in total. The van der Waals surface area contributed by atoms with Crippen molar-refractivity contribution in [2.45, 2.75) is 49.6 Å². The van der Waals surface area contributed by atoms with Gasteiger partial charge in [0.25, 0.3) is 10.0 Å². The normalized spacial score (nSPS) is 19.3. The van der Waals surface area contributed by atoms with E-state index in [2.05, 4.69) is 15.3 Å². The summed E-state index contributed by atoms with van der Waals surface area (Å²) in [5.74, 6) is -0.339. The van der Waals surface area contributed by atoms with Crippen molar-refractivity contribution in [3.8, 4) is 0 Å². The summed E-state index contributed by atoms with van der Waals surface area (Å²) in [5, 5.41) is 6.54. The molecule has 35 heavy (non-hydrogen) atoms. The number of halogens is 1. The number of carbonyl (C=O) groups is 2. The standard InChI is InChI=1S/C21H25ClN6O4S3/c22-17-19(28-9-11-34-21(28)24-17)35(31,32)26-7-8-27(16(29)13-26)15(12-14-4-2-1-3-5-14)18(30)25-20-23-6-10-33-20/h6,9-11,14-15H,1-5,7-8,12-13H2,(H,23,25,30). The van der Waals surface area contributed by atoms with Crippen LogP contribution in [0.3, 0.4) is 0 Å². The van der Waals surface area contributed by atoms with E-state index in [1.165, 1.54) is 38.4 Å². The molecule has 4 heterocycles. The van der Waals surface area contributed by atoms with Gasteiger partial charge in [0.2, 0.25) is 11.8 Å². The zero-order chi connectivity index (χ0) is 24.6. The Morgan fingerprint density at radius 1 is 1.20 bits per heavy atom. The van der Waals surface area contributed by atoms with Crippen LogP contribution in [0.25, 0.3) is 4.96 Å². The molecule has 5 rings (SSSR count). The molecule has 14 heteroatoms. The Hall–Kier alpha value is -2.06. The van der Waals surface area contributed by atoms with Crippen LogP contribution in [0.5, 0.6) is 0 Å². The summed E-state index contributed by atoms with van der Waals surface area (Å²) < 4.78 is 29.3. The van der Waals surface area contributed by atoms with Gasteiger partial charge in [0.05, 0.1) is 6.54 Å². The number of hydrogen-bond donors (Lipinski definition) is 1. The number of fused-ring (bicyclic) bond motifs is 1. The average Bonchev–Trinajstić information content (AvgIpc) is 3.56. The van der Waals surface area contributed by atoms with Crippen LogP contribution in [0.1, 0.15) is 38.5 Å². The first-order chi connectivity index (χ1) is 16.8. The lowest BCUT2D eigenvalue weighted by Crippen LogP contribution is -2.58. The molecule has 1 unspecified atom stereocenters. The zero-order valence-corrected chi connectivity index (χ0v) is 22.0. The van der Waals surface area contributed by atoms with Gasteiger partial charge in [0.15, 0.2) is 20.3 Å². The number of aromatic nitrogens is 3. The lowest BCUT2D eigenvalue weighted by atomic mass is 9.84. The van der Waals surface area contributed by atoms with E-state index in [4.69, 9.17) is 11.6 Å². The molecule has 1 saturated carbocycles. The van der Waals surface area contributed by atoms with Crippen LogP contribution in [0.15, 0.2) is 28.2 Å². The Balaban J connectivity index is 1.35. The Morgan fingerprint density at radius 2 is 2.00 bits per heavy atom. The number of amides is 2. The number of sulfonamides is 1. The fraction of sp³-hybridized carbons (Fsp3) is 0.524. The summed E-state index contributed by atoms with van der Waals surface area (Å²) >= 11 is 8.75. The van der Waals surface area contributed by atoms with Gasteiger partial charge < -0.3 is 10.2 Å². The van der Waals surface area contributed by atoms with Crippen molar-refractivity contribution in [2.75, 3.05) is 25.0 Å². The molecule has 1 N–H and O–H groups in total. The predicted molar refractivity (Wildman–Crippen MR) is 134 cm³/mol. The van der Waals surface area contributed by atoms with Crippen molar-refractivity contribution >= 4 is 66.2 Å². The largest absolute Gasteiger partial charge is 0.328 e. The fourth-order valence-electron chi connectivity index (χ4n) is 4.88. The average molecular weight is 557 g/mol. The van der Waals surface area contributed by atoms with E-state index < -0.39 is 22.0 Å². The number of piperazine rings is 1. The number of imidazole rings is 1.